The van der Waals surface area contributed by atoms with Crippen molar-refractivity contribution in [3.05, 3.63) is 17.0 Å². The van der Waals surface area contributed by atoms with Crippen LogP contribution in [0, 0.1) is 13.8 Å². The number of aryl methyl sites for hydroxylation is 1. The lowest BCUT2D eigenvalue weighted by molar-refractivity contribution is 0.0774. The number of aromatic nitrogens is 2. The zero-order valence-electron chi connectivity index (χ0n) is 11.2. The molecule has 1 heterocycles. The fraction of sp³-hybridized carbons (Fsp3) is 0.750. The predicted octanol–water partition coefficient (Wildman–Crippen LogP) is 1.23. The number of rotatable bonds is 8. The fourth-order valence-corrected chi connectivity index (χ4v) is 1.68. The lowest BCUT2D eigenvalue weighted by atomic mass is 10.2. The van der Waals surface area contributed by atoms with Gasteiger partial charge in [-0.05, 0) is 20.8 Å². The SMILES string of the molecule is CCOCn1nc(C)c(CNCCOC)c1C. The van der Waals surface area contributed by atoms with Gasteiger partial charge in [0.2, 0.25) is 0 Å². The van der Waals surface area contributed by atoms with E-state index in [1.807, 2.05) is 18.5 Å². The molecule has 0 aliphatic heterocycles. The molecule has 0 unspecified atom stereocenters. The number of nitrogens with zero attached hydrogens (tertiary/aromatic N) is 2. The second-order valence-electron chi connectivity index (χ2n) is 3.94. The van der Waals surface area contributed by atoms with E-state index in [0.29, 0.717) is 13.3 Å². The van der Waals surface area contributed by atoms with Gasteiger partial charge in [-0.2, -0.15) is 5.10 Å². The highest BCUT2D eigenvalue weighted by atomic mass is 16.5. The maximum Gasteiger partial charge on any atom is 0.139 e. The summed E-state index contributed by atoms with van der Waals surface area (Å²) in [5, 5.41) is 7.80. The molecule has 0 aromatic carbocycles. The summed E-state index contributed by atoms with van der Waals surface area (Å²) in [6, 6.07) is 0. The third-order valence-corrected chi connectivity index (χ3v) is 2.73. The molecule has 0 bridgehead atoms. The molecule has 0 fully saturated rings. The molecular formula is C12H23N3O2. The van der Waals surface area contributed by atoms with Gasteiger partial charge in [0.25, 0.3) is 0 Å². The molecule has 5 nitrogen and oxygen atoms in total. The van der Waals surface area contributed by atoms with E-state index >= 15 is 0 Å². The van der Waals surface area contributed by atoms with Gasteiger partial charge in [0.05, 0.1) is 12.3 Å². The minimum absolute atomic E-state index is 0.529. The van der Waals surface area contributed by atoms with Crippen LogP contribution in [-0.2, 0) is 22.7 Å². The van der Waals surface area contributed by atoms with Crippen molar-refractivity contribution in [1.82, 2.24) is 15.1 Å². The minimum atomic E-state index is 0.529. The first-order valence-corrected chi connectivity index (χ1v) is 6.01. The normalized spacial score (nSPS) is 11.1. The van der Waals surface area contributed by atoms with Crippen LogP contribution < -0.4 is 5.32 Å². The summed E-state index contributed by atoms with van der Waals surface area (Å²) in [6.45, 7) is 9.74. The molecule has 1 aromatic rings. The van der Waals surface area contributed by atoms with Gasteiger partial charge in [0, 0.05) is 38.1 Å². The maximum atomic E-state index is 5.37. The Kier molecular flexibility index (Phi) is 6.18. The first-order chi connectivity index (χ1) is 8.20. The predicted molar refractivity (Wildman–Crippen MR) is 66.9 cm³/mol. The highest BCUT2D eigenvalue weighted by molar-refractivity contribution is 5.24. The van der Waals surface area contributed by atoms with E-state index in [1.54, 1.807) is 7.11 Å². The van der Waals surface area contributed by atoms with Crippen LogP contribution in [0.2, 0.25) is 0 Å². The van der Waals surface area contributed by atoms with Crippen LogP contribution in [0.5, 0.6) is 0 Å². The number of nitrogens with one attached hydrogen (secondary N) is 1. The summed E-state index contributed by atoms with van der Waals surface area (Å²) < 4.78 is 12.3. The number of ether oxygens (including phenoxy) is 2. The fourth-order valence-electron chi connectivity index (χ4n) is 1.68. The van der Waals surface area contributed by atoms with Crippen molar-refractivity contribution in [2.45, 2.75) is 34.0 Å². The van der Waals surface area contributed by atoms with Gasteiger partial charge in [-0.3, -0.25) is 0 Å². The molecule has 1 aromatic heterocycles. The van der Waals surface area contributed by atoms with E-state index in [0.717, 1.165) is 25.4 Å². The molecule has 0 saturated carbocycles. The van der Waals surface area contributed by atoms with E-state index in [-0.39, 0.29) is 0 Å². The largest absolute Gasteiger partial charge is 0.383 e. The van der Waals surface area contributed by atoms with Crippen molar-refractivity contribution < 1.29 is 9.47 Å². The first-order valence-electron chi connectivity index (χ1n) is 6.01. The van der Waals surface area contributed by atoms with Crippen LogP contribution >= 0.6 is 0 Å². The van der Waals surface area contributed by atoms with Crippen molar-refractivity contribution in [2.24, 2.45) is 0 Å². The zero-order valence-corrected chi connectivity index (χ0v) is 11.2. The van der Waals surface area contributed by atoms with E-state index < -0.39 is 0 Å². The van der Waals surface area contributed by atoms with Gasteiger partial charge in [0.15, 0.2) is 0 Å². The summed E-state index contributed by atoms with van der Waals surface area (Å²) in [6.07, 6.45) is 0. The van der Waals surface area contributed by atoms with Gasteiger partial charge in [-0.25, -0.2) is 4.68 Å². The van der Waals surface area contributed by atoms with Crippen LogP contribution in [-0.4, -0.2) is 36.6 Å². The first kappa shape index (κ1) is 14.2. The smallest absolute Gasteiger partial charge is 0.139 e. The molecule has 0 saturated heterocycles. The van der Waals surface area contributed by atoms with E-state index in [9.17, 15) is 0 Å². The van der Waals surface area contributed by atoms with Gasteiger partial charge < -0.3 is 14.8 Å². The van der Waals surface area contributed by atoms with Crippen molar-refractivity contribution in [3.63, 3.8) is 0 Å². The maximum absolute atomic E-state index is 5.37. The molecular weight excluding hydrogens is 218 g/mol. The number of hydrogen-bond donors (Lipinski definition) is 1. The van der Waals surface area contributed by atoms with Crippen molar-refractivity contribution in [3.8, 4) is 0 Å². The summed E-state index contributed by atoms with van der Waals surface area (Å²) in [5.41, 5.74) is 3.48. The molecule has 0 aliphatic rings. The highest BCUT2D eigenvalue weighted by Crippen LogP contribution is 2.12. The monoisotopic (exact) mass is 241 g/mol. The second kappa shape index (κ2) is 7.42. The van der Waals surface area contributed by atoms with Crippen molar-refractivity contribution in [2.75, 3.05) is 26.9 Å². The lowest BCUT2D eigenvalue weighted by Gasteiger charge is -2.06. The molecule has 0 spiro atoms. The van der Waals surface area contributed by atoms with Crippen LogP contribution in [0.1, 0.15) is 23.9 Å². The van der Waals surface area contributed by atoms with Crippen LogP contribution in [0.4, 0.5) is 0 Å². The van der Waals surface area contributed by atoms with E-state index in [2.05, 4.69) is 17.3 Å². The second-order valence-corrected chi connectivity index (χ2v) is 3.94. The van der Waals surface area contributed by atoms with Crippen LogP contribution in [0.15, 0.2) is 0 Å². The zero-order chi connectivity index (χ0) is 12.7. The van der Waals surface area contributed by atoms with E-state index in [1.165, 1.54) is 11.3 Å². The van der Waals surface area contributed by atoms with Crippen molar-refractivity contribution >= 4 is 0 Å². The van der Waals surface area contributed by atoms with Gasteiger partial charge in [-0.1, -0.05) is 0 Å². The average Bonchev–Trinajstić information content (AvgIpc) is 2.58. The topological polar surface area (TPSA) is 48.3 Å². The Morgan fingerprint density at radius 3 is 2.76 bits per heavy atom. The third-order valence-electron chi connectivity index (χ3n) is 2.73. The van der Waals surface area contributed by atoms with Gasteiger partial charge in [-0.15, -0.1) is 0 Å². The van der Waals surface area contributed by atoms with E-state index in [4.69, 9.17) is 9.47 Å². The Hall–Kier alpha value is -0.910. The molecule has 0 radical (unpaired) electrons. The minimum Gasteiger partial charge on any atom is -0.383 e. The molecule has 0 atom stereocenters. The van der Waals surface area contributed by atoms with Crippen LogP contribution in [0.25, 0.3) is 0 Å². The van der Waals surface area contributed by atoms with Crippen LogP contribution in [0.3, 0.4) is 0 Å². The molecule has 5 heteroatoms. The molecule has 17 heavy (non-hydrogen) atoms. The van der Waals surface area contributed by atoms with Crippen molar-refractivity contribution in [1.29, 1.82) is 0 Å². The lowest BCUT2D eigenvalue weighted by Crippen LogP contribution is -2.19. The molecule has 0 aliphatic carbocycles. The molecule has 98 valence electrons. The molecule has 1 rings (SSSR count). The number of methoxy groups -OCH3 is 1. The number of hydrogen-bond acceptors (Lipinski definition) is 4. The van der Waals surface area contributed by atoms with Gasteiger partial charge >= 0.3 is 0 Å². The summed E-state index contributed by atoms with van der Waals surface area (Å²) >= 11 is 0. The highest BCUT2D eigenvalue weighted by Gasteiger charge is 2.10. The Morgan fingerprint density at radius 1 is 1.35 bits per heavy atom. The summed E-state index contributed by atoms with van der Waals surface area (Å²) in [5.74, 6) is 0. The Balaban J connectivity index is 2.55. The molecule has 0 amide bonds. The quantitative estimate of drug-likeness (QED) is 0.695. The molecule has 1 N–H and O–H groups in total. The standard InChI is InChI=1S/C12H23N3O2/c1-5-17-9-15-11(3)12(10(2)14-15)8-13-6-7-16-4/h13H,5-9H2,1-4H3. The Bertz CT molecular complexity index is 337. The van der Waals surface area contributed by atoms with Gasteiger partial charge in [0.1, 0.15) is 6.73 Å². The summed E-state index contributed by atoms with van der Waals surface area (Å²) in [4.78, 5) is 0. The Morgan fingerprint density at radius 2 is 2.12 bits per heavy atom. The third kappa shape index (κ3) is 4.11. The average molecular weight is 241 g/mol. The summed E-state index contributed by atoms with van der Waals surface area (Å²) in [7, 11) is 1.71. The Labute approximate surface area is 103 Å².